The van der Waals surface area contributed by atoms with Crippen LogP contribution in [0, 0.1) is 0 Å². The molecule has 1 aromatic carbocycles. The SMILES string of the molecule is CC(C)(C)c1ccccc1NC(=O)CN1CCCN(S(C)(=O)=O)CC1. The van der Waals surface area contributed by atoms with E-state index < -0.39 is 10.0 Å². The molecule has 1 heterocycles. The Morgan fingerprint density at radius 1 is 1.12 bits per heavy atom. The number of rotatable bonds is 4. The van der Waals surface area contributed by atoms with Gasteiger partial charge in [0.05, 0.1) is 12.8 Å². The normalized spacial score (nSPS) is 17.9. The number of benzene rings is 1. The van der Waals surface area contributed by atoms with Gasteiger partial charge in [0.1, 0.15) is 0 Å². The molecule has 1 saturated heterocycles. The summed E-state index contributed by atoms with van der Waals surface area (Å²) in [6.07, 6.45) is 1.97. The summed E-state index contributed by atoms with van der Waals surface area (Å²) in [4.78, 5) is 14.5. The molecule has 1 aliphatic rings. The molecule has 1 N–H and O–H groups in total. The molecule has 1 aromatic rings. The van der Waals surface area contributed by atoms with Crippen molar-refractivity contribution in [2.45, 2.75) is 32.6 Å². The molecule has 0 radical (unpaired) electrons. The lowest BCUT2D eigenvalue weighted by Crippen LogP contribution is -2.37. The molecule has 0 saturated carbocycles. The van der Waals surface area contributed by atoms with Crippen LogP contribution >= 0.6 is 0 Å². The van der Waals surface area contributed by atoms with Crippen LogP contribution in [0.5, 0.6) is 0 Å². The molecular formula is C18H29N3O3S. The first-order valence-electron chi connectivity index (χ1n) is 8.64. The molecule has 0 aliphatic carbocycles. The fourth-order valence-corrected chi connectivity index (χ4v) is 3.95. The molecule has 1 fully saturated rings. The highest BCUT2D eigenvalue weighted by Crippen LogP contribution is 2.29. The van der Waals surface area contributed by atoms with Gasteiger partial charge in [-0.25, -0.2) is 12.7 Å². The van der Waals surface area contributed by atoms with Crippen molar-refractivity contribution in [3.8, 4) is 0 Å². The van der Waals surface area contributed by atoms with Crippen molar-refractivity contribution in [1.29, 1.82) is 0 Å². The number of hydrogen-bond donors (Lipinski definition) is 1. The number of para-hydroxylation sites is 1. The summed E-state index contributed by atoms with van der Waals surface area (Å²) in [7, 11) is -3.17. The van der Waals surface area contributed by atoms with E-state index >= 15 is 0 Å². The minimum atomic E-state index is -3.17. The zero-order chi connectivity index (χ0) is 18.7. The average Bonchev–Trinajstić information content (AvgIpc) is 2.72. The maximum Gasteiger partial charge on any atom is 0.238 e. The van der Waals surface area contributed by atoms with Gasteiger partial charge in [0.15, 0.2) is 0 Å². The lowest BCUT2D eigenvalue weighted by molar-refractivity contribution is -0.117. The summed E-state index contributed by atoms with van der Waals surface area (Å²) < 4.78 is 24.8. The fourth-order valence-electron chi connectivity index (χ4n) is 3.08. The van der Waals surface area contributed by atoms with Crippen LogP contribution < -0.4 is 5.32 Å². The van der Waals surface area contributed by atoms with Gasteiger partial charge < -0.3 is 5.32 Å². The van der Waals surface area contributed by atoms with E-state index in [2.05, 4.69) is 26.1 Å². The Kier molecular flexibility index (Phi) is 6.24. The number of hydrogen-bond acceptors (Lipinski definition) is 4. The first-order chi connectivity index (χ1) is 11.6. The molecule has 0 spiro atoms. The largest absolute Gasteiger partial charge is 0.325 e. The number of nitrogens with zero attached hydrogens (tertiary/aromatic N) is 2. The Morgan fingerprint density at radius 3 is 2.44 bits per heavy atom. The third-order valence-electron chi connectivity index (χ3n) is 4.39. The van der Waals surface area contributed by atoms with E-state index in [9.17, 15) is 13.2 Å². The molecule has 0 bridgehead atoms. The minimum absolute atomic E-state index is 0.0531. The Morgan fingerprint density at radius 2 is 1.80 bits per heavy atom. The van der Waals surface area contributed by atoms with Crippen molar-refractivity contribution in [2.24, 2.45) is 0 Å². The standard InChI is InChI=1S/C18H29N3O3S/c1-18(2,3)15-8-5-6-9-16(15)19-17(22)14-20-10-7-11-21(13-12-20)25(4,23)24/h5-6,8-9H,7,10-14H2,1-4H3,(H,19,22). The molecule has 6 nitrogen and oxygen atoms in total. The van der Waals surface area contributed by atoms with Crippen molar-refractivity contribution < 1.29 is 13.2 Å². The van der Waals surface area contributed by atoms with E-state index in [4.69, 9.17) is 0 Å². The second kappa shape index (κ2) is 7.85. The molecule has 7 heteroatoms. The van der Waals surface area contributed by atoms with Crippen LogP contribution in [0.25, 0.3) is 0 Å². The Balaban J connectivity index is 1.98. The van der Waals surface area contributed by atoms with Crippen LogP contribution in [0.2, 0.25) is 0 Å². The van der Waals surface area contributed by atoms with E-state index in [1.54, 1.807) is 0 Å². The van der Waals surface area contributed by atoms with E-state index in [0.717, 1.165) is 24.2 Å². The van der Waals surface area contributed by atoms with Gasteiger partial charge in [-0.2, -0.15) is 0 Å². The van der Waals surface area contributed by atoms with Gasteiger partial charge in [0, 0.05) is 25.3 Å². The topological polar surface area (TPSA) is 69.7 Å². The Labute approximate surface area is 151 Å². The van der Waals surface area contributed by atoms with Crippen LogP contribution in [-0.4, -0.2) is 62.5 Å². The maximum absolute atomic E-state index is 12.5. The van der Waals surface area contributed by atoms with Gasteiger partial charge >= 0.3 is 0 Å². The predicted octanol–water partition coefficient (Wildman–Crippen LogP) is 1.89. The molecule has 2 rings (SSSR count). The molecular weight excluding hydrogens is 338 g/mol. The summed E-state index contributed by atoms with van der Waals surface area (Å²) in [5.41, 5.74) is 1.89. The quantitative estimate of drug-likeness (QED) is 0.882. The second-order valence-electron chi connectivity index (χ2n) is 7.64. The second-order valence-corrected chi connectivity index (χ2v) is 9.62. The summed E-state index contributed by atoms with van der Waals surface area (Å²) in [6.45, 7) is 8.87. The monoisotopic (exact) mass is 367 g/mol. The Hall–Kier alpha value is -1.44. The Bertz CT molecular complexity index is 711. The van der Waals surface area contributed by atoms with Crippen molar-refractivity contribution in [2.75, 3.05) is 44.3 Å². The highest BCUT2D eigenvalue weighted by Gasteiger charge is 2.23. The van der Waals surface area contributed by atoms with E-state index in [1.165, 1.54) is 10.6 Å². The molecule has 1 aliphatic heterocycles. The highest BCUT2D eigenvalue weighted by molar-refractivity contribution is 7.88. The lowest BCUT2D eigenvalue weighted by Gasteiger charge is -2.24. The van der Waals surface area contributed by atoms with E-state index in [0.29, 0.717) is 19.6 Å². The number of amides is 1. The first-order valence-corrected chi connectivity index (χ1v) is 10.5. The molecule has 0 atom stereocenters. The van der Waals surface area contributed by atoms with Crippen molar-refractivity contribution in [1.82, 2.24) is 9.21 Å². The predicted molar refractivity (Wildman–Crippen MR) is 101 cm³/mol. The molecule has 25 heavy (non-hydrogen) atoms. The van der Waals surface area contributed by atoms with E-state index in [1.807, 2.05) is 29.2 Å². The van der Waals surface area contributed by atoms with Gasteiger partial charge in [-0.1, -0.05) is 39.0 Å². The summed E-state index contributed by atoms with van der Waals surface area (Å²) in [6, 6.07) is 7.85. The minimum Gasteiger partial charge on any atom is -0.325 e. The average molecular weight is 368 g/mol. The zero-order valence-electron chi connectivity index (χ0n) is 15.6. The third kappa shape index (κ3) is 5.80. The van der Waals surface area contributed by atoms with Gasteiger partial charge in [0.25, 0.3) is 0 Å². The van der Waals surface area contributed by atoms with E-state index in [-0.39, 0.29) is 17.9 Å². The first kappa shape index (κ1) is 19.9. The maximum atomic E-state index is 12.5. The molecule has 0 unspecified atom stereocenters. The van der Waals surface area contributed by atoms with Gasteiger partial charge in [-0.05, 0) is 30.0 Å². The zero-order valence-corrected chi connectivity index (χ0v) is 16.4. The number of nitrogens with one attached hydrogen (secondary N) is 1. The van der Waals surface area contributed by atoms with Crippen LogP contribution in [0.15, 0.2) is 24.3 Å². The third-order valence-corrected chi connectivity index (χ3v) is 5.70. The van der Waals surface area contributed by atoms with Gasteiger partial charge in [-0.3, -0.25) is 9.69 Å². The van der Waals surface area contributed by atoms with Crippen LogP contribution in [-0.2, 0) is 20.2 Å². The summed E-state index contributed by atoms with van der Waals surface area (Å²) in [5.74, 6) is -0.0653. The summed E-state index contributed by atoms with van der Waals surface area (Å²) in [5, 5.41) is 3.01. The van der Waals surface area contributed by atoms with Crippen LogP contribution in [0.3, 0.4) is 0 Å². The van der Waals surface area contributed by atoms with Crippen LogP contribution in [0.4, 0.5) is 5.69 Å². The van der Waals surface area contributed by atoms with Crippen LogP contribution in [0.1, 0.15) is 32.8 Å². The van der Waals surface area contributed by atoms with Crippen molar-refractivity contribution in [3.63, 3.8) is 0 Å². The van der Waals surface area contributed by atoms with Crippen molar-refractivity contribution in [3.05, 3.63) is 29.8 Å². The lowest BCUT2D eigenvalue weighted by atomic mass is 9.86. The van der Waals surface area contributed by atoms with Gasteiger partial charge in [-0.15, -0.1) is 0 Å². The smallest absolute Gasteiger partial charge is 0.238 e. The fraction of sp³-hybridized carbons (Fsp3) is 0.611. The van der Waals surface area contributed by atoms with Crippen molar-refractivity contribution >= 4 is 21.6 Å². The summed E-state index contributed by atoms with van der Waals surface area (Å²) >= 11 is 0. The number of carbonyl (C=O) groups is 1. The highest BCUT2D eigenvalue weighted by atomic mass is 32.2. The number of anilines is 1. The number of carbonyl (C=O) groups excluding carboxylic acids is 1. The number of sulfonamides is 1. The van der Waals surface area contributed by atoms with Gasteiger partial charge in [0.2, 0.25) is 15.9 Å². The molecule has 1 amide bonds. The molecule has 140 valence electrons. The molecule has 0 aromatic heterocycles.